The number of alkyl halides is 1. The average Bonchev–Trinajstić information content (AvgIpc) is 2.66. The maximum absolute atomic E-state index is 5.86. The van der Waals surface area contributed by atoms with Crippen molar-refractivity contribution < 1.29 is 0 Å². The maximum atomic E-state index is 5.86. The van der Waals surface area contributed by atoms with Crippen LogP contribution in [0.3, 0.4) is 0 Å². The number of aryl methyl sites for hydroxylation is 1. The second kappa shape index (κ2) is 5.61. The molecule has 0 spiro atoms. The summed E-state index contributed by atoms with van der Waals surface area (Å²) in [7, 11) is 2.04. The van der Waals surface area contributed by atoms with Crippen molar-refractivity contribution in [1.82, 2.24) is 9.55 Å². The minimum Gasteiger partial charge on any atom is -0.353 e. The Bertz CT molecular complexity index is 519. The molecular weight excluding hydrogens is 246 g/mol. The monoisotopic (exact) mass is 265 g/mol. The second-order valence-corrected chi connectivity index (χ2v) is 5.33. The SMILES string of the molecule is CC(C)C(CCCl)Nc1nc2ccccc2n1C. The molecule has 0 saturated carbocycles. The van der Waals surface area contributed by atoms with E-state index < -0.39 is 0 Å². The standard InChI is InChI=1S/C14H20ClN3/c1-10(2)11(8-9-15)16-14-17-12-6-4-5-7-13(12)18(14)3/h4-7,10-11H,8-9H2,1-3H3,(H,16,17). The molecule has 0 amide bonds. The van der Waals surface area contributed by atoms with E-state index >= 15 is 0 Å². The van der Waals surface area contributed by atoms with Crippen LogP contribution >= 0.6 is 11.6 Å². The van der Waals surface area contributed by atoms with Crippen LogP contribution in [-0.4, -0.2) is 21.5 Å². The summed E-state index contributed by atoms with van der Waals surface area (Å²) in [5, 5.41) is 3.50. The molecule has 18 heavy (non-hydrogen) atoms. The van der Waals surface area contributed by atoms with E-state index in [-0.39, 0.29) is 0 Å². The Hall–Kier alpha value is -1.22. The molecule has 0 aliphatic rings. The lowest BCUT2D eigenvalue weighted by molar-refractivity contribution is 0.508. The summed E-state index contributed by atoms with van der Waals surface area (Å²) in [6.07, 6.45) is 0.947. The van der Waals surface area contributed by atoms with E-state index in [1.807, 2.05) is 25.2 Å². The number of rotatable bonds is 5. The van der Waals surface area contributed by atoms with Crippen LogP contribution in [0.15, 0.2) is 24.3 Å². The molecule has 1 N–H and O–H groups in total. The number of para-hydroxylation sites is 2. The van der Waals surface area contributed by atoms with Gasteiger partial charge in [0.25, 0.3) is 0 Å². The summed E-state index contributed by atoms with van der Waals surface area (Å²) in [6, 6.07) is 8.52. The van der Waals surface area contributed by atoms with Crippen LogP contribution < -0.4 is 5.32 Å². The molecule has 2 aromatic rings. The number of imidazole rings is 1. The number of nitrogens with one attached hydrogen (secondary N) is 1. The number of halogens is 1. The quantitative estimate of drug-likeness (QED) is 0.837. The third kappa shape index (κ3) is 2.61. The Morgan fingerprint density at radius 3 is 2.67 bits per heavy atom. The normalized spacial score (nSPS) is 13.2. The number of anilines is 1. The fraction of sp³-hybridized carbons (Fsp3) is 0.500. The summed E-state index contributed by atoms with van der Waals surface area (Å²) >= 11 is 5.86. The summed E-state index contributed by atoms with van der Waals surface area (Å²) in [4.78, 5) is 4.63. The molecule has 0 fully saturated rings. The number of aromatic nitrogens is 2. The zero-order valence-electron chi connectivity index (χ0n) is 11.2. The van der Waals surface area contributed by atoms with Crippen LogP contribution in [0.2, 0.25) is 0 Å². The number of fused-ring (bicyclic) bond motifs is 1. The van der Waals surface area contributed by atoms with Crippen molar-refractivity contribution in [3.8, 4) is 0 Å². The molecule has 1 unspecified atom stereocenters. The Kier molecular flexibility index (Phi) is 4.12. The van der Waals surface area contributed by atoms with Gasteiger partial charge in [0.2, 0.25) is 5.95 Å². The van der Waals surface area contributed by atoms with Crippen LogP contribution in [0.25, 0.3) is 11.0 Å². The van der Waals surface area contributed by atoms with Crippen LogP contribution in [0, 0.1) is 5.92 Å². The van der Waals surface area contributed by atoms with Gasteiger partial charge in [-0.2, -0.15) is 0 Å². The van der Waals surface area contributed by atoms with Gasteiger partial charge < -0.3 is 9.88 Å². The lowest BCUT2D eigenvalue weighted by atomic mass is 10.0. The zero-order chi connectivity index (χ0) is 13.1. The molecule has 4 heteroatoms. The third-order valence-corrected chi connectivity index (χ3v) is 3.54. The van der Waals surface area contributed by atoms with Gasteiger partial charge in [0, 0.05) is 19.0 Å². The van der Waals surface area contributed by atoms with Gasteiger partial charge in [0.05, 0.1) is 11.0 Å². The highest BCUT2D eigenvalue weighted by atomic mass is 35.5. The van der Waals surface area contributed by atoms with Crippen LogP contribution in [0.4, 0.5) is 5.95 Å². The van der Waals surface area contributed by atoms with Gasteiger partial charge in [-0.05, 0) is 24.5 Å². The molecule has 1 aromatic heterocycles. The predicted molar refractivity (Wildman–Crippen MR) is 78.3 cm³/mol. The van der Waals surface area contributed by atoms with Gasteiger partial charge in [-0.15, -0.1) is 11.6 Å². The molecule has 0 bridgehead atoms. The first kappa shape index (κ1) is 13.2. The molecule has 0 aliphatic carbocycles. The molecule has 3 nitrogen and oxygen atoms in total. The van der Waals surface area contributed by atoms with E-state index in [2.05, 4.69) is 34.8 Å². The second-order valence-electron chi connectivity index (χ2n) is 4.96. The third-order valence-electron chi connectivity index (χ3n) is 3.33. The van der Waals surface area contributed by atoms with Gasteiger partial charge in [-0.25, -0.2) is 4.98 Å². The zero-order valence-corrected chi connectivity index (χ0v) is 11.9. The highest BCUT2D eigenvalue weighted by Crippen LogP contribution is 2.20. The van der Waals surface area contributed by atoms with Crippen molar-refractivity contribution in [3.05, 3.63) is 24.3 Å². The van der Waals surface area contributed by atoms with Crippen molar-refractivity contribution in [2.75, 3.05) is 11.2 Å². The molecule has 0 radical (unpaired) electrons. The first-order chi connectivity index (χ1) is 8.63. The number of hydrogen-bond acceptors (Lipinski definition) is 2. The summed E-state index contributed by atoms with van der Waals surface area (Å²) < 4.78 is 2.10. The topological polar surface area (TPSA) is 29.9 Å². The summed E-state index contributed by atoms with van der Waals surface area (Å²) in [5.74, 6) is 2.11. The Morgan fingerprint density at radius 2 is 2.06 bits per heavy atom. The van der Waals surface area contributed by atoms with Crippen molar-refractivity contribution in [1.29, 1.82) is 0 Å². The predicted octanol–water partition coefficient (Wildman–Crippen LogP) is 3.64. The molecule has 1 atom stereocenters. The maximum Gasteiger partial charge on any atom is 0.203 e. The van der Waals surface area contributed by atoms with Crippen LogP contribution in [0.5, 0.6) is 0 Å². The number of benzene rings is 1. The van der Waals surface area contributed by atoms with Crippen LogP contribution in [0.1, 0.15) is 20.3 Å². The van der Waals surface area contributed by atoms with Crippen LogP contribution in [-0.2, 0) is 7.05 Å². The molecule has 98 valence electrons. The van der Waals surface area contributed by atoms with Crippen molar-refractivity contribution >= 4 is 28.6 Å². The summed E-state index contributed by atoms with van der Waals surface area (Å²) in [6.45, 7) is 4.40. The lowest BCUT2D eigenvalue weighted by Gasteiger charge is -2.21. The van der Waals surface area contributed by atoms with Gasteiger partial charge in [0.15, 0.2) is 0 Å². The van der Waals surface area contributed by atoms with E-state index in [1.165, 1.54) is 0 Å². The number of hydrogen-bond donors (Lipinski definition) is 1. The first-order valence-corrected chi connectivity index (χ1v) is 6.91. The largest absolute Gasteiger partial charge is 0.353 e. The van der Waals surface area contributed by atoms with Gasteiger partial charge in [-0.1, -0.05) is 26.0 Å². The number of nitrogens with zero attached hydrogens (tertiary/aromatic N) is 2. The summed E-state index contributed by atoms with van der Waals surface area (Å²) in [5.41, 5.74) is 2.17. The highest BCUT2D eigenvalue weighted by Gasteiger charge is 2.15. The fourth-order valence-electron chi connectivity index (χ4n) is 2.13. The average molecular weight is 266 g/mol. The van der Waals surface area contributed by atoms with E-state index in [1.54, 1.807) is 0 Å². The molecule has 2 rings (SSSR count). The van der Waals surface area contributed by atoms with Gasteiger partial charge in [-0.3, -0.25) is 0 Å². The van der Waals surface area contributed by atoms with E-state index in [9.17, 15) is 0 Å². The molecule has 0 saturated heterocycles. The Balaban J connectivity index is 2.27. The van der Waals surface area contributed by atoms with E-state index in [0.717, 1.165) is 23.4 Å². The van der Waals surface area contributed by atoms with E-state index in [0.29, 0.717) is 17.8 Å². The minimum atomic E-state index is 0.359. The van der Waals surface area contributed by atoms with Crippen molar-refractivity contribution in [2.45, 2.75) is 26.3 Å². The van der Waals surface area contributed by atoms with E-state index in [4.69, 9.17) is 11.6 Å². The fourth-order valence-corrected chi connectivity index (χ4v) is 2.37. The molecule has 0 aliphatic heterocycles. The van der Waals surface area contributed by atoms with Crippen molar-refractivity contribution in [2.24, 2.45) is 13.0 Å². The van der Waals surface area contributed by atoms with Gasteiger partial charge >= 0.3 is 0 Å². The minimum absolute atomic E-state index is 0.359. The Labute approximate surface area is 113 Å². The van der Waals surface area contributed by atoms with Gasteiger partial charge in [0.1, 0.15) is 0 Å². The smallest absolute Gasteiger partial charge is 0.203 e. The lowest BCUT2D eigenvalue weighted by Crippen LogP contribution is -2.27. The Morgan fingerprint density at radius 1 is 1.33 bits per heavy atom. The molecular formula is C14H20ClN3. The molecule has 1 heterocycles. The van der Waals surface area contributed by atoms with Crippen molar-refractivity contribution in [3.63, 3.8) is 0 Å². The highest BCUT2D eigenvalue weighted by molar-refractivity contribution is 6.17. The first-order valence-electron chi connectivity index (χ1n) is 6.37. The molecule has 1 aromatic carbocycles.